The number of unbranched alkanes of at least 4 members (excludes halogenated alkanes) is 58. The molecule has 0 aliphatic carbocycles. The van der Waals surface area contributed by atoms with Crippen LogP contribution in [0.4, 0.5) is 0 Å². The minimum Gasteiger partial charge on any atom is -0.466 e. The maximum Gasteiger partial charge on any atom is 0.305 e. The van der Waals surface area contributed by atoms with E-state index in [1.807, 2.05) is 0 Å². The molecule has 0 aromatic heterocycles. The first kappa shape index (κ1) is 76.9. The molecule has 466 valence electrons. The van der Waals surface area contributed by atoms with Gasteiger partial charge in [-0.2, -0.15) is 0 Å². The number of nitrogens with one attached hydrogen (secondary N) is 1. The lowest BCUT2D eigenvalue weighted by molar-refractivity contribution is -0.143. The Kier molecular flexibility index (Phi) is 67.4. The minimum atomic E-state index is -0.659. The van der Waals surface area contributed by atoms with Crippen molar-refractivity contribution in [1.29, 1.82) is 0 Å². The fourth-order valence-electron chi connectivity index (χ4n) is 11.9. The van der Waals surface area contributed by atoms with Crippen molar-refractivity contribution in [3.05, 3.63) is 0 Å². The zero-order valence-corrected chi connectivity index (χ0v) is 53.4. The zero-order valence-electron chi connectivity index (χ0n) is 53.4. The molecule has 0 heterocycles. The SMILES string of the molecule is CCCCCCCCCCCCCCCCCC(O)C(CO)NC(=O)CCCCCCCCCCCCCCCCCCCCCCCCCCCCCCCCCCCOC(=O)CCCCCCCCCCCCCCC. The van der Waals surface area contributed by atoms with E-state index in [1.54, 1.807) is 0 Å². The Balaban J connectivity index is 3.30. The molecular weight excluding hydrogens is 959 g/mol. The molecule has 0 spiro atoms. The molecule has 0 aliphatic heterocycles. The Hall–Kier alpha value is -1.14. The smallest absolute Gasteiger partial charge is 0.305 e. The van der Waals surface area contributed by atoms with Crippen molar-refractivity contribution in [1.82, 2.24) is 5.32 Å². The molecule has 0 aromatic carbocycles. The predicted octanol–water partition coefficient (Wildman–Crippen LogP) is 23.4. The highest BCUT2D eigenvalue weighted by atomic mass is 16.5. The summed E-state index contributed by atoms with van der Waals surface area (Å²) in [5.74, 6) is -0.00189. The van der Waals surface area contributed by atoms with E-state index >= 15 is 0 Å². The average molecular weight is 1100 g/mol. The van der Waals surface area contributed by atoms with Crippen LogP contribution >= 0.6 is 0 Å². The number of aliphatic hydroxyl groups excluding tert-OH is 2. The highest BCUT2D eigenvalue weighted by molar-refractivity contribution is 5.76. The van der Waals surface area contributed by atoms with Crippen molar-refractivity contribution in [3.8, 4) is 0 Å². The maximum atomic E-state index is 12.5. The quantitative estimate of drug-likeness (QED) is 0.0417. The number of hydrogen-bond donors (Lipinski definition) is 3. The van der Waals surface area contributed by atoms with E-state index in [1.165, 1.54) is 353 Å². The van der Waals surface area contributed by atoms with Gasteiger partial charge in [0.15, 0.2) is 0 Å². The molecule has 1 amide bonds. The van der Waals surface area contributed by atoms with Gasteiger partial charge in [-0.3, -0.25) is 9.59 Å². The van der Waals surface area contributed by atoms with Gasteiger partial charge >= 0.3 is 5.97 Å². The Bertz CT molecular complexity index is 1130. The van der Waals surface area contributed by atoms with Crippen LogP contribution in [0.2, 0.25) is 0 Å². The largest absolute Gasteiger partial charge is 0.466 e. The van der Waals surface area contributed by atoms with Gasteiger partial charge in [0, 0.05) is 12.8 Å². The molecule has 0 rings (SSSR count). The molecule has 0 fully saturated rings. The van der Waals surface area contributed by atoms with Crippen molar-refractivity contribution >= 4 is 11.9 Å². The first-order valence-electron chi connectivity index (χ1n) is 36.3. The lowest BCUT2D eigenvalue weighted by atomic mass is 10.0. The fraction of sp³-hybridized carbons (Fsp3) is 0.972. The number of aliphatic hydroxyl groups is 2. The number of ether oxygens (including phenoxy) is 1. The van der Waals surface area contributed by atoms with Gasteiger partial charge in [0.1, 0.15) is 0 Å². The Morgan fingerprint density at radius 3 is 0.782 bits per heavy atom. The summed E-state index contributed by atoms with van der Waals surface area (Å²) in [6.07, 6.45) is 83.1. The van der Waals surface area contributed by atoms with E-state index in [0.29, 0.717) is 25.9 Å². The molecule has 78 heavy (non-hydrogen) atoms. The summed E-state index contributed by atoms with van der Waals surface area (Å²) in [7, 11) is 0. The number of esters is 1. The molecule has 0 aliphatic rings. The summed E-state index contributed by atoms with van der Waals surface area (Å²) in [6, 6.07) is -0.536. The van der Waals surface area contributed by atoms with Crippen LogP contribution in [0.3, 0.4) is 0 Å². The molecule has 3 N–H and O–H groups in total. The number of carbonyl (C=O) groups is 2. The van der Waals surface area contributed by atoms with Crippen LogP contribution < -0.4 is 5.32 Å². The van der Waals surface area contributed by atoms with Crippen LogP contribution in [-0.2, 0) is 14.3 Å². The standard InChI is InChI=1S/C72H143NO5/c1-3-5-7-9-11-13-15-17-37-41-44-48-52-56-60-64-70(75)69(68-74)73-71(76)65-61-57-53-49-45-42-38-35-33-31-29-27-25-23-21-19-18-20-22-24-26-28-30-32-34-36-39-43-47-51-55-59-63-67-78-72(77)66-62-58-54-50-46-40-16-14-12-10-8-6-4-2/h69-70,74-75H,3-68H2,1-2H3,(H,73,76). The maximum absolute atomic E-state index is 12.5. The molecule has 0 saturated carbocycles. The van der Waals surface area contributed by atoms with E-state index in [2.05, 4.69) is 19.2 Å². The topological polar surface area (TPSA) is 95.9 Å². The summed E-state index contributed by atoms with van der Waals surface area (Å²) in [6.45, 7) is 5.00. The second-order valence-corrected chi connectivity index (χ2v) is 25.3. The molecule has 6 nitrogen and oxygen atoms in total. The highest BCUT2D eigenvalue weighted by Crippen LogP contribution is 2.20. The summed E-state index contributed by atoms with van der Waals surface area (Å²) in [4.78, 5) is 24.6. The van der Waals surface area contributed by atoms with Gasteiger partial charge in [0.25, 0.3) is 0 Å². The van der Waals surface area contributed by atoms with Crippen LogP contribution in [0, 0.1) is 0 Å². The summed E-state index contributed by atoms with van der Waals surface area (Å²) < 4.78 is 5.49. The molecule has 2 unspecified atom stereocenters. The summed E-state index contributed by atoms with van der Waals surface area (Å²) >= 11 is 0. The second-order valence-electron chi connectivity index (χ2n) is 25.3. The van der Waals surface area contributed by atoms with E-state index in [0.717, 1.165) is 38.5 Å². The number of rotatable bonds is 69. The third kappa shape index (κ3) is 64.0. The van der Waals surface area contributed by atoms with Gasteiger partial charge in [-0.15, -0.1) is 0 Å². The minimum absolute atomic E-state index is 0.0244. The molecule has 2 atom stereocenters. The second kappa shape index (κ2) is 68.4. The van der Waals surface area contributed by atoms with Crippen molar-refractivity contribution in [2.75, 3.05) is 13.2 Å². The lowest BCUT2D eigenvalue weighted by Crippen LogP contribution is -2.45. The summed E-state index contributed by atoms with van der Waals surface area (Å²) in [5.41, 5.74) is 0. The molecule has 0 aromatic rings. The predicted molar refractivity (Wildman–Crippen MR) is 343 cm³/mol. The lowest BCUT2D eigenvalue weighted by Gasteiger charge is -2.22. The van der Waals surface area contributed by atoms with Crippen LogP contribution in [0.1, 0.15) is 425 Å². The highest BCUT2D eigenvalue weighted by Gasteiger charge is 2.20. The van der Waals surface area contributed by atoms with Gasteiger partial charge in [-0.25, -0.2) is 0 Å². The first-order chi connectivity index (χ1) is 38.5. The monoisotopic (exact) mass is 1100 g/mol. The Morgan fingerprint density at radius 1 is 0.308 bits per heavy atom. The van der Waals surface area contributed by atoms with Crippen LogP contribution in [0.15, 0.2) is 0 Å². The van der Waals surface area contributed by atoms with Gasteiger partial charge in [0.2, 0.25) is 5.91 Å². The van der Waals surface area contributed by atoms with Gasteiger partial charge in [-0.1, -0.05) is 386 Å². The average Bonchev–Trinajstić information content (AvgIpc) is 3.44. The van der Waals surface area contributed by atoms with Crippen molar-refractivity contribution < 1.29 is 24.5 Å². The van der Waals surface area contributed by atoms with E-state index < -0.39 is 12.1 Å². The van der Waals surface area contributed by atoms with Crippen molar-refractivity contribution in [3.63, 3.8) is 0 Å². The molecular formula is C72H143NO5. The zero-order chi connectivity index (χ0) is 56.4. The third-order valence-corrected chi connectivity index (χ3v) is 17.4. The van der Waals surface area contributed by atoms with Gasteiger partial charge < -0.3 is 20.3 Å². The van der Waals surface area contributed by atoms with Gasteiger partial charge in [-0.05, 0) is 25.7 Å². The molecule has 6 heteroatoms. The van der Waals surface area contributed by atoms with E-state index in [4.69, 9.17) is 4.74 Å². The Labute approximate surface area is 489 Å². The van der Waals surface area contributed by atoms with Crippen LogP contribution in [0.25, 0.3) is 0 Å². The fourth-order valence-corrected chi connectivity index (χ4v) is 11.9. The molecule has 0 saturated heterocycles. The van der Waals surface area contributed by atoms with E-state index in [9.17, 15) is 19.8 Å². The van der Waals surface area contributed by atoms with Crippen molar-refractivity contribution in [2.45, 2.75) is 437 Å². The first-order valence-corrected chi connectivity index (χ1v) is 36.3. The van der Waals surface area contributed by atoms with E-state index in [-0.39, 0.29) is 18.5 Å². The van der Waals surface area contributed by atoms with Gasteiger partial charge in [0.05, 0.1) is 25.4 Å². The molecule has 0 radical (unpaired) electrons. The summed E-state index contributed by atoms with van der Waals surface area (Å²) in [5, 5.41) is 23.3. The molecule has 0 bridgehead atoms. The number of amides is 1. The van der Waals surface area contributed by atoms with Crippen LogP contribution in [-0.4, -0.2) is 47.4 Å². The number of carbonyl (C=O) groups excluding carboxylic acids is 2. The Morgan fingerprint density at radius 2 is 0.526 bits per heavy atom. The normalized spacial score (nSPS) is 12.4. The van der Waals surface area contributed by atoms with Crippen molar-refractivity contribution in [2.24, 2.45) is 0 Å². The third-order valence-electron chi connectivity index (χ3n) is 17.4. The van der Waals surface area contributed by atoms with Crippen LogP contribution in [0.5, 0.6) is 0 Å². The number of hydrogen-bond acceptors (Lipinski definition) is 5.